The van der Waals surface area contributed by atoms with Gasteiger partial charge in [0.05, 0.1) is 27.2 Å². The van der Waals surface area contributed by atoms with Crippen LogP contribution in [-0.2, 0) is 4.79 Å². The lowest BCUT2D eigenvalue weighted by molar-refractivity contribution is -0.113. The van der Waals surface area contributed by atoms with E-state index in [1.807, 2.05) is 30.3 Å². The molecule has 2 aliphatic rings. The van der Waals surface area contributed by atoms with Crippen molar-refractivity contribution in [1.82, 2.24) is 9.80 Å². The maximum Gasteiger partial charge on any atom is 0.270 e. The minimum Gasteiger partial charge on any atom is -0.494 e. The van der Waals surface area contributed by atoms with Crippen LogP contribution in [0.4, 0.5) is 5.69 Å². The summed E-state index contributed by atoms with van der Waals surface area (Å²) in [4.78, 5) is 19.9. The first-order valence-electron chi connectivity index (χ1n) is 10.8. The monoisotopic (exact) mass is 593 g/mol. The van der Waals surface area contributed by atoms with Gasteiger partial charge in [0.25, 0.3) is 5.91 Å². The highest BCUT2D eigenvalue weighted by Gasteiger charge is 2.33. The van der Waals surface area contributed by atoms with E-state index in [0.29, 0.717) is 25.9 Å². The van der Waals surface area contributed by atoms with Crippen molar-refractivity contribution < 1.29 is 9.53 Å². The molecule has 190 valence electrons. The number of halogens is 4. The molecule has 0 bridgehead atoms. The molecule has 0 radical (unpaired) electrons. The van der Waals surface area contributed by atoms with Crippen LogP contribution >= 0.6 is 72.0 Å². The number of piperazine rings is 1. The van der Waals surface area contributed by atoms with Crippen LogP contribution in [0.15, 0.2) is 47.4 Å². The largest absolute Gasteiger partial charge is 0.494 e. The number of likely N-dealkylation sites (N-methyl/N-ethyl adjacent to an activating group) is 1. The van der Waals surface area contributed by atoms with Gasteiger partial charge in [0.15, 0.2) is 4.32 Å². The van der Waals surface area contributed by atoms with E-state index in [1.165, 1.54) is 11.8 Å². The first-order valence-corrected chi connectivity index (χ1v) is 12.8. The number of nitrogens with zero attached hydrogens (tertiary/aromatic N) is 3. The predicted octanol–water partition coefficient (Wildman–Crippen LogP) is 6.26. The number of anilines is 1. The number of thiocarbonyl (C=S) groups is 1. The Morgan fingerprint density at radius 1 is 1.03 bits per heavy atom. The maximum absolute atomic E-state index is 13.0. The molecule has 4 rings (SSSR count). The van der Waals surface area contributed by atoms with Gasteiger partial charge < -0.3 is 14.5 Å². The molecule has 1 amide bonds. The molecule has 0 spiro atoms. The van der Waals surface area contributed by atoms with Gasteiger partial charge in [0.1, 0.15) is 5.75 Å². The van der Waals surface area contributed by atoms with Gasteiger partial charge in [-0.1, -0.05) is 53.2 Å². The smallest absolute Gasteiger partial charge is 0.270 e. The highest BCUT2D eigenvalue weighted by molar-refractivity contribution is 8.27. The Morgan fingerprint density at radius 2 is 1.71 bits per heavy atom. The molecule has 35 heavy (non-hydrogen) atoms. The third kappa shape index (κ3) is 7.98. The maximum atomic E-state index is 13.0. The Kier molecular flexibility index (Phi) is 12.1. The van der Waals surface area contributed by atoms with Crippen molar-refractivity contribution in [3.8, 4) is 5.75 Å². The van der Waals surface area contributed by atoms with E-state index in [2.05, 4.69) is 16.8 Å². The van der Waals surface area contributed by atoms with E-state index >= 15 is 0 Å². The third-order valence-corrected chi connectivity index (χ3v) is 7.65. The van der Waals surface area contributed by atoms with Gasteiger partial charge >= 0.3 is 0 Å². The van der Waals surface area contributed by atoms with Crippen LogP contribution in [0.5, 0.6) is 5.75 Å². The zero-order valence-electron chi connectivity index (χ0n) is 19.1. The van der Waals surface area contributed by atoms with Crippen molar-refractivity contribution in [2.24, 2.45) is 0 Å². The Labute approximate surface area is 238 Å². The van der Waals surface area contributed by atoms with Gasteiger partial charge in [-0.3, -0.25) is 9.69 Å². The van der Waals surface area contributed by atoms with E-state index in [9.17, 15) is 4.79 Å². The molecule has 2 aliphatic heterocycles. The Bertz CT molecular complexity index is 1060. The minimum atomic E-state index is -0.156. The van der Waals surface area contributed by atoms with Crippen LogP contribution < -0.4 is 9.64 Å². The highest BCUT2D eigenvalue weighted by Crippen LogP contribution is 2.37. The van der Waals surface area contributed by atoms with Crippen LogP contribution in [0.25, 0.3) is 6.08 Å². The summed E-state index contributed by atoms with van der Waals surface area (Å²) in [5, 5.41) is 0.919. The number of benzene rings is 2. The van der Waals surface area contributed by atoms with Crippen molar-refractivity contribution in [1.29, 1.82) is 0 Å². The lowest BCUT2D eigenvalue weighted by Gasteiger charge is -2.32. The van der Waals surface area contributed by atoms with Crippen LogP contribution in [0, 0.1) is 0 Å². The van der Waals surface area contributed by atoms with Gasteiger partial charge in [0, 0.05) is 32.7 Å². The van der Waals surface area contributed by atoms with Crippen LogP contribution in [-0.4, -0.2) is 66.4 Å². The molecule has 2 fully saturated rings. The standard InChI is InChI=1S/C24H25Cl2N3O2S2.2ClH/c1-27-10-12-28(13-11-27)9-2-14-31-19-6-4-18(5-7-19)29-23(30)22(33-24(29)32)16-17-3-8-20(25)21(26)15-17;;/h3-8,15-16H,2,9-14H2,1H3;2*1H. The number of thioether (sulfide) groups is 1. The molecule has 2 saturated heterocycles. The van der Waals surface area contributed by atoms with Gasteiger partial charge in [-0.25, -0.2) is 0 Å². The van der Waals surface area contributed by atoms with Crippen molar-refractivity contribution in [3.05, 3.63) is 63.0 Å². The summed E-state index contributed by atoms with van der Waals surface area (Å²) < 4.78 is 6.39. The molecular weight excluding hydrogens is 568 g/mol. The number of ether oxygens (including phenoxy) is 1. The van der Waals surface area contributed by atoms with Crippen molar-refractivity contribution >= 4 is 94.0 Å². The fourth-order valence-electron chi connectivity index (χ4n) is 3.68. The molecule has 2 aromatic carbocycles. The Morgan fingerprint density at radius 3 is 2.37 bits per heavy atom. The van der Waals surface area contributed by atoms with Crippen molar-refractivity contribution in [2.75, 3.05) is 51.3 Å². The van der Waals surface area contributed by atoms with Crippen LogP contribution in [0.2, 0.25) is 10.0 Å². The SMILES string of the molecule is CN1CCN(CCCOc2ccc(N3C(=O)C(=Cc4ccc(Cl)c(Cl)c4)SC3=S)cc2)CC1.Cl.Cl. The molecule has 2 aromatic rings. The molecular formula is C24H27Cl4N3O2S2. The van der Waals surface area contributed by atoms with E-state index in [4.69, 9.17) is 40.2 Å². The summed E-state index contributed by atoms with van der Waals surface area (Å²) >= 11 is 18.8. The third-order valence-electron chi connectivity index (χ3n) is 5.61. The average Bonchev–Trinajstić information content (AvgIpc) is 3.08. The summed E-state index contributed by atoms with van der Waals surface area (Å²) in [6, 6.07) is 12.7. The van der Waals surface area contributed by atoms with E-state index in [1.54, 1.807) is 23.1 Å². The molecule has 0 unspecified atom stereocenters. The molecule has 0 N–H and O–H groups in total. The number of hydrogen-bond donors (Lipinski definition) is 0. The molecule has 0 aliphatic carbocycles. The molecule has 5 nitrogen and oxygen atoms in total. The number of rotatable bonds is 7. The first kappa shape index (κ1) is 30.2. The van der Waals surface area contributed by atoms with Gasteiger partial charge in [-0.2, -0.15) is 0 Å². The zero-order valence-corrected chi connectivity index (χ0v) is 23.9. The first-order chi connectivity index (χ1) is 15.9. The summed E-state index contributed by atoms with van der Waals surface area (Å²) in [5.74, 6) is 0.630. The predicted molar refractivity (Wildman–Crippen MR) is 157 cm³/mol. The van der Waals surface area contributed by atoms with E-state index in [-0.39, 0.29) is 30.7 Å². The molecule has 11 heteroatoms. The highest BCUT2D eigenvalue weighted by atomic mass is 35.5. The van der Waals surface area contributed by atoms with Crippen LogP contribution in [0.3, 0.4) is 0 Å². The number of carbonyl (C=O) groups is 1. The van der Waals surface area contributed by atoms with E-state index < -0.39 is 0 Å². The fraction of sp³-hybridized carbons (Fsp3) is 0.333. The zero-order chi connectivity index (χ0) is 23.4. The minimum absolute atomic E-state index is 0. The normalized spacial score (nSPS) is 17.9. The van der Waals surface area contributed by atoms with Gasteiger partial charge in [-0.05, 0) is 61.5 Å². The van der Waals surface area contributed by atoms with Crippen molar-refractivity contribution in [2.45, 2.75) is 6.42 Å². The second kappa shape index (κ2) is 14.1. The number of carbonyl (C=O) groups excluding carboxylic acids is 1. The van der Waals surface area contributed by atoms with Gasteiger partial charge in [-0.15, -0.1) is 24.8 Å². The van der Waals surface area contributed by atoms with Gasteiger partial charge in [0.2, 0.25) is 0 Å². The Balaban J connectivity index is 0.00000216. The number of amides is 1. The second-order valence-corrected chi connectivity index (χ2v) is 10.5. The quantitative estimate of drug-likeness (QED) is 0.214. The second-order valence-electron chi connectivity index (χ2n) is 8.03. The Hall–Kier alpha value is -1.03. The topological polar surface area (TPSA) is 36.0 Å². The summed E-state index contributed by atoms with van der Waals surface area (Å²) in [6.07, 6.45) is 2.76. The molecule has 0 saturated carbocycles. The lowest BCUT2D eigenvalue weighted by atomic mass is 10.2. The summed E-state index contributed by atoms with van der Waals surface area (Å²) in [7, 11) is 2.16. The molecule has 0 aromatic heterocycles. The molecule has 0 atom stereocenters. The fourth-order valence-corrected chi connectivity index (χ4v) is 5.29. The average molecular weight is 595 g/mol. The van der Waals surface area contributed by atoms with Crippen LogP contribution in [0.1, 0.15) is 12.0 Å². The molecule has 2 heterocycles. The number of hydrogen-bond acceptors (Lipinski definition) is 6. The lowest BCUT2D eigenvalue weighted by Crippen LogP contribution is -2.44. The van der Waals surface area contributed by atoms with E-state index in [0.717, 1.165) is 56.1 Å². The van der Waals surface area contributed by atoms with Crippen molar-refractivity contribution in [3.63, 3.8) is 0 Å². The summed E-state index contributed by atoms with van der Waals surface area (Å²) in [6.45, 7) is 6.21. The summed E-state index contributed by atoms with van der Waals surface area (Å²) in [5.41, 5.74) is 1.52.